The topological polar surface area (TPSA) is 81.5 Å². The molecule has 3 aromatic heterocycles. The van der Waals surface area contributed by atoms with Gasteiger partial charge in [0.25, 0.3) is 5.56 Å². The number of aromatic nitrogens is 3. The van der Waals surface area contributed by atoms with Crippen LogP contribution < -0.4 is 10.9 Å². The second-order valence-electron chi connectivity index (χ2n) is 5.81. The van der Waals surface area contributed by atoms with Gasteiger partial charge in [0.05, 0.1) is 18.5 Å². The molecule has 0 bridgehead atoms. The smallest absolute Gasteiger partial charge is 0.277 e. The van der Waals surface area contributed by atoms with E-state index >= 15 is 0 Å². The number of nitrogens with one attached hydrogen (secondary N) is 1. The molecule has 1 N–H and O–H groups in total. The van der Waals surface area contributed by atoms with E-state index in [1.165, 1.54) is 9.08 Å². The highest BCUT2D eigenvalue weighted by atomic mass is 16.3. The minimum Gasteiger partial charge on any atom is -0.467 e. The highest BCUT2D eigenvalue weighted by molar-refractivity contribution is 5.75. The first-order valence-corrected chi connectivity index (χ1v) is 8.14. The lowest BCUT2D eigenvalue weighted by Gasteiger charge is -2.06. The molecule has 1 amide bonds. The SMILES string of the molecule is O=C(Cn1ccn2nc(-c3ccccc3)cc2c1=O)NCc1ccco1. The molecule has 0 atom stereocenters. The van der Waals surface area contributed by atoms with Gasteiger partial charge in [-0.25, -0.2) is 4.52 Å². The van der Waals surface area contributed by atoms with Crippen LogP contribution in [0.2, 0.25) is 0 Å². The molecule has 0 saturated carbocycles. The van der Waals surface area contributed by atoms with Gasteiger partial charge in [-0.3, -0.25) is 9.59 Å². The van der Waals surface area contributed by atoms with Crippen molar-refractivity contribution in [3.8, 4) is 11.3 Å². The van der Waals surface area contributed by atoms with Gasteiger partial charge in [-0.2, -0.15) is 5.10 Å². The monoisotopic (exact) mass is 348 g/mol. The van der Waals surface area contributed by atoms with Gasteiger partial charge in [0.15, 0.2) is 0 Å². The number of hydrogen-bond acceptors (Lipinski definition) is 4. The number of furan rings is 1. The lowest BCUT2D eigenvalue weighted by atomic mass is 10.1. The summed E-state index contributed by atoms with van der Waals surface area (Å²) in [5.74, 6) is 0.389. The van der Waals surface area contributed by atoms with Gasteiger partial charge >= 0.3 is 0 Å². The molecule has 0 aliphatic heterocycles. The molecule has 0 fully saturated rings. The van der Waals surface area contributed by atoms with Crippen molar-refractivity contribution in [3.05, 3.63) is 83.3 Å². The van der Waals surface area contributed by atoms with E-state index in [-0.39, 0.29) is 24.6 Å². The van der Waals surface area contributed by atoms with Crippen LogP contribution in [0.25, 0.3) is 16.8 Å². The molecule has 0 aliphatic carbocycles. The van der Waals surface area contributed by atoms with Gasteiger partial charge in [-0.05, 0) is 18.2 Å². The molecule has 3 heterocycles. The van der Waals surface area contributed by atoms with E-state index < -0.39 is 0 Å². The Balaban J connectivity index is 1.55. The number of amides is 1. The quantitative estimate of drug-likeness (QED) is 0.599. The second kappa shape index (κ2) is 6.72. The van der Waals surface area contributed by atoms with Gasteiger partial charge in [-0.15, -0.1) is 0 Å². The molecule has 4 rings (SSSR count). The zero-order valence-corrected chi connectivity index (χ0v) is 13.8. The van der Waals surface area contributed by atoms with E-state index in [0.29, 0.717) is 17.0 Å². The summed E-state index contributed by atoms with van der Waals surface area (Å²) in [7, 11) is 0. The second-order valence-corrected chi connectivity index (χ2v) is 5.81. The van der Waals surface area contributed by atoms with Gasteiger partial charge < -0.3 is 14.3 Å². The standard InChI is InChI=1S/C19H16N4O3/c24-18(20-12-15-7-4-10-26-15)13-22-8-9-23-17(19(22)25)11-16(21-23)14-5-2-1-3-6-14/h1-11H,12-13H2,(H,20,24). The summed E-state index contributed by atoms with van der Waals surface area (Å²) >= 11 is 0. The molecule has 0 saturated heterocycles. The van der Waals surface area contributed by atoms with E-state index in [1.807, 2.05) is 30.3 Å². The average molecular weight is 348 g/mol. The number of hydrogen-bond donors (Lipinski definition) is 1. The fraction of sp³-hybridized carbons (Fsp3) is 0.105. The number of rotatable bonds is 5. The zero-order chi connectivity index (χ0) is 17.9. The van der Waals surface area contributed by atoms with Gasteiger partial charge in [0.1, 0.15) is 17.8 Å². The van der Waals surface area contributed by atoms with Gasteiger partial charge in [-0.1, -0.05) is 30.3 Å². The third kappa shape index (κ3) is 3.14. The third-order valence-electron chi connectivity index (χ3n) is 4.03. The van der Waals surface area contributed by atoms with Crippen LogP contribution in [0.4, 0.5) is 0 Å². The summed E-state index contributed by atoms with van der Waals surface area (Å²) in [6, 6.07) is 14.9. The number of fused-ring (bicyclic) bond motifs is 1. The van der Waals surface area contributed by atoms with Crippen LogP contribution in [0.1, 0.15) is 5.76 Å². The van der Waals surface area contributed by atoms with E-state index in [1.54, 1.807) is 36.9 Å². The van der Waals surface area contributed by atoms with Crippen LogP contribution >= 0.6 is 0 Å². The van der Waals surface area contributed by atoms with Crippen LogP contribution in [-0.2, 0) is 17.9 Å². The number of benzene rings is 1. The van der Waals surface area contributed by atoms with Crippen molar-refractivity contribution in [1.82, 2.24) is 19.5 Å². The summed E-state index contributed by atoms with van der Waals surface area (Å²) in [4.78, 5) is 24.7. The maximum atomic E-state index is 12.6. The predicted octanol–water partition coefficient (Wildman–Crippen LogP) is 2.07. The zero-order valence-electron chi connectivity index (χ0n) is 13.8. The van der Waals surface area contributed by atoms with Crippen molar-refractivity contribution in [2.45, 2.75) is 13.1 Å². The Morgan fingerprint density at radius 3 is 2.73 bits per heavy atom. The number of carbonyl (C=O) groups excluding carboxylic acids is 1. The minimum absolute atomic E-state index is 0.0676. The van der Waals surface area contributed by atoms with Crippen LogP contribution in [0.3, 0.4) is 0 Å². The summed E-state index contributed by atoms with van der Waals surface area (Å²) in [6.45, 7) is 0.218. The average Bonchev–Trinajstić information content (AvgIpc) is 3.33. The Labute approximate surface area is 148 Å². The summed E-state index contributed by atoms with van der Waals surface area (Å²) in [6.07, 6.45) is 4.77. The highest BCUT2D eigenvalue weighted by Crippen LogP contribution is 2.17. The van der Waals surface area contributed by atoms with E-state index in [0.717, 1.165) is 5.56 Å². The maximum Gasteiger partial charge on any atom is 0.277 e. The van der Waals surface area contributed by atoms with Crippen molar-refractivity contribution in [1.29, 1.82) is 0 Å². The summed E-state index contributed by atoms with van der Waals surface area (Å²) < 4.78 is 8.06. The molecule has 26 heavy (non-hydrogen) atoms. The van der Waals surface area contributed by atoms with Crippen LogP contribution in [0.5, 0.6) is 0 Å². The van der Waals surface area contributed by atoms with Crippen LogP contribution in [0.15, 0.2) is 76.4 Å². The molecule has 7 nitrogen and oxygen atoms in total. The summed E-state index contributed by atoms with van der Waals surface area (Å²) in [5.41, 5.74) is 1.79. The Hall–Kier alpha value is -3.61. The normalized spacial score (nSPS) is 10.9. The van der Waals surface area contributed by atoms with Crippen molar-refractivity contribution in [2.75, 3.05) is 0 Å². The molecule has 0 radical (unpaired) electrons. The molecule has 7 heteroatoms. The van der Waals surface area contributed by atoms with E-state index in [4.69, 9.17) is 4.42 Å². The van der Waals surface area contributed by atoms with Gasteiger partial charge in [0.2, 0.25) is 5.91 Å². The Morgan fingerprint density at radius 1 is 1.12 bits per heavy atom. The van der Waals surface area contributed by atoms with Crippen molar-refractivity contribution in [3.63, 3.8) is 0 Å². The first-order chi connectivity index (χ1) is 12.7. The van der Waals surface area contributed by atoms with E-state index in [9.17, 15) is 9.59 Å². The molecule has 0 aliphatic rings. The lowest BCUT2D eigenvalue weighted by Crippen LogP contribution is -2.32. The molecule has 130 valence electrons. The highest BCUT2D eigenvalue weighted by Gasteiger charge is 2.11. The number of nitrogens with zero attached hydrogens (tertiary/aromatic N) is 3. The van der Waals surface area contributed by atoms with Crippen LogP contribution in [0, 0.1) is 0 Å². The van der Waals surface area contributed by atoms with Crippen molar-refractivity contribution in [2.24, 2.45) is 0 Å². The fourth-order valence-electron chi connectivity index (χ4n) is 2.71. The maximum absolute atomic E-state index is 12.6. The fourth-order valence-corrected chi connectivity index (χ4v) is 2.71. The molecular formula is C19H16N4O3. The number of carbonyl (C=O) groups is 1. The Kier molecular flexibility index (Phi) is 4.10. The molecule has 0 unspecified atom stereocenters. The minimum atomic E-state index is -0.268. The third-order valence-corrected chi connectivity index (χ3v) is 4.03. The largest absolute Gasteiger partial charge is 0.467 e. The first kappa shape index (κ1) is 15.9. The first-order valence-electron chi connectivity index (χ1n) is 8.14. The van der Waals surface area contributed by atoms with Gasteiger partial charge in [0, 0.05) is 18.0 Å². The molecule has 4 aromatic rings. The lowest BCUT2D eigenvalue weighted by molar-refractivity contribution is -0.121. The molecular weight excluding hydrogens is 332 g/mol. The Morgan fingerprint density at radius 2 is 1.96 bits per heavy atom. The van der Waals surface area contributed by atoms with Crippen LogP contribution in [-0.4, -0.2) is 20.1 Å². The molecule has 1 aromatic carbocycles. The van der Waals surface area contributed by atoms with Crippen molar-refractivity contribution < 1.29 is 9.21 Å². The predicted molar refractivity (Wildman–Crippen MR) is 95.4 cm³/mol. The van der Waals surface area contributed by atoms with E-state index in [2.05, 4.69) is 10.4 Å². The summed E-state index contributed by atoms with van der Waals surface area (Å²) in [5, 5.41) is 7.15. The molecule has 0 spiro atoms. The Bertz CT molecular complexity index is 1090. The van der Waals surface area contributed by atoms with Crippen molar-refractivity contribution >= 4 is 11.4 Å².